The highest BCUT2D eigenvalue weighted by Crippen LogP contribution is 2.38. The number of ether oxygens (including phenoxy) is 2. The van der Waals surface area contributed by atoms with Gasteiger partial charge >= 0.3 is 6.03 Å². The lowest BCUT2D eigenvalue weighted by Crippen LogP contribution is -2.39. The summed E-state index contributed by atoms with van der Waals surface area (Å²) in [7, 11) is 1.92. The van der Waals surface area contributed by atoms with Crippen LogP contribution in [0.1, 0.15) is 52.7 Å². The van der Waals surface area contributed by atoms with Crippen LogP contribution in [-0.4, -0.2) is 52.5 Å². The molecule has 44 heavy (non-hydrogen) atoms. The first-order chi connectivity index (χ1) is 21.4. The third-order valence-corrected chi connectivity index (χ3v) is 7.58. The Kier molecular flexibility index (Phi) is 10.6. The summed E-state index contributed by atoms with van der Waals surface area (Å²) in [5, 5.41) is 35.8. The van der Waals surface area contributed by atoms with Gasteiger partial charge in [-0.05, 0) is 53.6 Å². The van der Waals surface area contributed by atoms with E-state index in [9.17, 15) is 20.1 Å². The first-order valence-corrected chi connectivity index (χ1v) is 14.7. The Morgan fingerprint density at radius 2 is 1.68 bits per heavy atom. The minimum atomic E-state index is -0.777. The molecule has 230 valence electrons. The lowest BCUT2D eigenvalue weighted by atomic mass is 9.99. The van der Waals surface area contributed by atoms with E-state index in [-0.39, 0.29) is 30.6 Å². The SMILES string of the molecule is CN(C[C@H]1C[C@@H](c2ccc(CO)cc2)O[C@@H](c2cccc(NC(=O)NCc3ccccc3)c2)O1)C[C@@H](O)c1cccc(O)c1. The maximum Gasteiger partial charge on any atom is 0.319 e. The van der Waals surface area contributed by atoms with E-state index < -0.39 is 12.4 Å². The molecule has 5 N–H and O–H groups in total. The summed E-state index contributed by atoms with van der Waals surface area (Å²) in [6.45, 7) is 1.25. The number of hydrogen-bond acceptors (Lipinski definition) is 7. The molecule has 0 unspecified atom stereocenters. The van der Waals surface area contributed by atoms with Gasteiger partial charge in [0.05, 0.1) is 24.9 Å². The zero-order valence-electron chi connectivity index (χ0n) is 24.7. The summed E-state index contributed by atoms with van der Waals surface area (Å²) < 4.78 is 12.9. The molecule has 1 saturated heterocycles. The van der Waals surface area contributed by atoms with Gasteiger partial charge in [-0.3, -0.25) is 0 Å². The van der Waals surface area contributed by atoms with Crippen molar-refractivity contribution in [3.05, 3.63) is 131 Å². The largest absolute Gasteiger partial charge is 0.508 e. The van der Waals surface area contributed by atoms with Gasteiger partial charge in [-0.2, -0.15) is 0 Å². The van der Waals surface area contributed by atoms with Crippen molar-refractivity contribution in [3.8, 4) is 5.75 Å². The quantitative estimate of drug-likeness (QED) is 0.157. The van der Waals surface area contributed by atoms with Gasteiger partial charge in [-0.25, -0.2) is 4.79 Å². The molecular weight excluding hydrogens is 558 g/mol. The number of carbonyl (C=O) groups excluding carboxylic acids is 1. The van der Waals surface area contributed by atoms with Crippen LogP contribution in [0.25, 0.3) is 0 Å². The second-order valence-electron chi connectivity index (χ2n) is 11.1. The minimum Gasteiger partial charge on any atom is -0.508 e. The molecule has 1 heterocycles. The number of anilines is 1. The van der Waals surface area contributed by atoms with Gasteiger partial charge in [0.1, 0.15) is 5.75 Å². The molecule has 1 aliphatic rings. The van der Waals surface area contributed by atoms with E-state index in [1.807, 2.05) is 90.8 Å². The fourth-order valence-corrected chi connectivity index (χ4v) is 5.30. The van der Waals surface area contributed by atoms with Crippen LogP contribution in [0.5, 0.6) is 5.75 Å². The van der Waals surface area contributed by atoms with Crippen LogP contribution in [0.15, 0.2) is 103 Å². The van der Waals surface area contributed by atoms with Crippen LogP contribution in [0, 0.1) is 0 Å². The molecule has 0 aromatic heterocycles. The number of nitrogens with one attached hydrogen (secondary N) is 2. The summed E-state index contributed by atoms with van der Waals surface area (Å²) in [6, 6.07) is 31.1. The fourth-order valence-electron chi connectivity index (χ4n) is 5.30. The van der Waals surface area contributed by atoms with Crippen molar-refractivity contribution in [3.63, 3.8) is 0 Å². The molecule has 9 nitrogen and oxygen atoms in total. The Labute approximate surface area is 257 Å². The molecular formula is C35H39N3O6. The standard InChI is InChI=1S/C35H39N3O6/c1-38(22-32(41)27-9-6-12-30(40)18-27)21-31-19-33(26-15-13-25(23-39)14-16-26)44-34(43-31)28-10-5-11-29(17-28)37-35(42)36-20-24-7-3-2-4-8-24/h2-18,31-34,39-41H,19-23H2,1H3,(H2,36,37,42)/t31-,32-,33+,34+/m1/s1. The second kappa shape index (κ2) is 15.0. The average molecular weight is 598 g/mol. The van der Waals surface area contributed by atoms with E-state index in [1.54, 1.807) is 24.3 Å². The molecule has 0 spiro atoms. The number of benzene rings is 4. The van der Waals surface area contributed by atoms with Crippen LogP contribution in [-0.2, 0) is 22.6 Å². The molecule has 1 fully saturated rings. The predicted octanol–water partition coefficient (Wildman–Crippen LogP) is 5.42. The van der Waals surface area contributed by atoms with Gasteiger partial charge in [0.2, 0.25) is 0 Å². The smallest absolute Gasteiger partial charge is 0.319 e. The number of amides is 2. The number of rotatable bonds is 11. The molecule has 5 rings (SSSR count). The molecule has 4 aromatic rings. The topological polar surface area (TPSA) is 124 Å². The van der Waals surface area contributed by atoms with Gasteiger partial charge in [-0.1, -0.05) is 78.9 Å². The van der Waals surface area contributed by atoms with E-state index in [2.05, 4.69) is 10.6 Å². The molecule has 9 heteroatoms. The molecule has 4 aromatic carbocycles. The number of phenols is 1. The number of aliphatic hydroxyl groups is 2. The molecule has 4 atom stereocenters. The summed E-state index contributed by atoms with van der Waals surface area (Å²) in [5.41, 5.74) is 4.80. The summed E-state index contributed by atoms with van der Waals surface area (Å²) in [4.78, 5) is 14.6. The number of urea groups is 1. The van der Waals surface area contributed by atoms with Crippen molar-refractivity contribution < 1.29 is 29.6 Å². The van der Waals surface area contributed by atoms with Gasteiger partial charge in [0.25, 0.3) is 0 Å². The van der Waals surface area contributed by atoms with E-state index in [4.69, 9.17) is 9.47 Å². The Bertz CT molecular complexity index is 1500. The number of nitrogens with zero attached hydrogens (tertiary/aromatic N) is 1. The van der Waals surface area contributed by atoms with Gasteiger partial charge in [-0.15, -0.1) is 0 Å². The van der Waals surface area contributed by atoms with E-state index in [1.165, 1.54) is 0 Å². The van der Waals surface area contributed by atoms with E-state index in [0.29, 0.717) is 37.3 Å². The Morgan fingerprint density at radius 1 is 0.909 bits per heavy atom. The highest BCUT2D eigenvalue weighted by Gasteiger charge is 2.33. The molecule has 0 radical (unpaired) electrons. The first kappa shape index (κ1) is 31.2. The molecule has 0 bridgehead atoms. The summed E-state index contributed by atoms with van der Waals surface area (Å²) in [6.07, 6.45) is -1.40. The lowest BCUT2D eigenvalue weighted by molar-refractivity contribution is -0.252. The molecule has 2 amide bonds. The van der Waals surface area contributed by atoms with Crippen molar-refractivity contribution >= 4 is 11.7 Å². The van der Waals surface area contributed by atoms with Crippen molar-refractivity contribution in [1.29, 1.82) is 0 Å². The van der Waals surface area contributed by atoms with E-state index in [0.717, 1.165) is 22.3 Å². The highest BCUT2D eigenvalue weighted by molar-refractivity contribution is 5.89. The van der Waals surface area contributed by atoms with Crippen LogP contribution >= 0.6 is 0 Å². The minimum absolute atomic E-state index is 0.0365. The summed E-state index contributed by atoms with van der Waals surface area (Å²) >= 11 is 0. The van der Waals surface area contributed by atoms with Gasteiger partial charge in [0.15, 0.2) is 6.29 Å². The van der Waals surface area contributed by atoms with Crippen molar-refractivity contribution in [2.75, 3.05) is 25.5 Å². The zero-order valence-corrected chi connectivity index (χ0v) is 24.7. The second-order valence-corrected chi connectivity index (χ2v) is 11.1. The van der Waals surface area contributed by atoms with Gasteiger partial charge < -0.3 is 40.3 Å². The van der Waals surface area contributed by atoms with Crippen LogP contribution in [0.4, 0.5) is 10.5 Å². The number of aliphatic hydroxyl groups excluding tert-OH is 2. The van der Waals surface area contributed by atoms with Crippen molar-refractivity contribution in [1.82, 2.24) is 10.2 Å². The fraction of sp³-hybridized carbons (Fsp3) is 0.286. The maximum atomic E-state index is 12.6. The van der Waals surface area contributed by atoms with Crippen molar-refractivity contribution in [2.24, 2.45) is 0 Å². The van der Waals surface area contributed by atoms with Crippen LogP contribution < -0.4 is 10.6 Å². The van der Waals surface area contributed by atoms with Crippen molar-refractivity contribution in [2.45, 2.75) is 44.2 Å². The highest BCUT2D eigenvalue weighted by atomic mass is 16.7. The number of hydrogen-bond donors (Lipinski definition) is 5. The van der Waals surface area contributed by atoms with Crippen LogP contribution in [0.3, 0.4) is 0 Å². The number of carbonyl (C=O) groups is 1. The molecule has 0 aliphatic carbocycles. The Morgan fingerprint density at radius 3 is 2.43 bits per heavy atom. The molecule has 0 saturated carbocycles. The van der Waals surface area contributed by atoms with Crippen LogP contribution in [0.2, 0.25) is 0 Å². The lowest BCUT2D eigenvalue weighted by Gasteiger charge is -2.38. The Balaban J connectivity index is 1.28. The first-order valence-electron chi connectivity index (χ1n) is 14.7. The third-order valence-electron chi connectivity index (χ3n) is 7.58. The van der Waals surface area contributed by atoms with Gasteiger partial charge in [0, 0.05) is 37.3 Å². The number of aromatic hydroxyl groups is 1. The third kappa shape index (κ3) is 8.66. The average Bonchev–Trinajstić information content (AvgIpc) is 3.04. The monoisotopic (exact) mass is 597 g/mol. The maximum absolute atomic E-state index is 12.6. The zero-order chi connectivity index (χ0) is 30.9. The normalized spacial score (nSPS) is 19.0. The number of phenolic OH excluding ortho intramolecular Hbond substituents is 1. The Hall–Kier alpha value is -4.25. The van der Waals surface area contributed by atoms with E-state index >= 15 is 0 Å². The molecule has 1 aliphatic heterocycles. The number of likely N-dealkylation sites (N-methyl/N-ethyl adjacent to an activating group) is 1. The predicted molar refractivity (Wildman–Crippen MR) is 168 cm³/mol. The summed E-state index contributed by atoms with van der Waals surface area (Å²) in [5.74, 6) is 0.111.